The summed E-state index contributed by atoms with van der Waals surface area (Å²) in [6.45, 7) is 0. The lowest BCUT2D eigenvalue weighted by atomic mass is 10.1. The van der Waals surface area contributed by atoms with E-state index in [2.05, 4.69) is 0 Å². The van der Waals surface area contributed by atoms with Gasteiger partial charge in [-0.25, -0.2) is 0 Å². The summed E-state index contributed by atoms with van der Waals surface area (Å²) < 4.78 is 5.23. The maximum absolute atomic E-state index is 12.0. The van der Waals surface area contributed by atoms with Crippen LogP contribution in [0.2, 0.25) is 5.02 Å². The van der Waals surface area contributed by atoms with Crippen LogP contribution in [0.15, 0.2) is 48.5 Å². The molecule has 0 aliphatic rings. The fourth-order valence-electron chi connectivity index (χ4n) is 1.93. The van der Waals surface area contributed by atoms with Crippen LogP contribution in [0.4, 0.5) is 5.69 Å². The molecule has 4 heteroatoms. The van der Waals surface area contributed by atoms with Gasteiger partial charge in [-0.3, -0.25) is 4.79 Å². The first kappa shape index (κ1) is 15.1. The largest absolute Gasteiger partial charge is 0.496 e. The Morgan fingerprint density at radius 2 is 1.95 bits per heavy atom. The van der Waals surface area contributed by atoms with Gasteiger partial charge < -0.3 is 10.5 Å². The fraction of sp³-hybridized carbons (Fsp3) is 0.118. The van der Waals surface area contributed by atoms with E-state index in [4.69, 9.17) is 22.1 Å². The molecule has 0 aliphatic heterocycles. The zero-order chi connectivity index (χ0) is 15.2. The molecule has 3 nitrogen and oxygen atoms in total. The Hall–Kier alpha value is -2.26. The molecule has 0 fully saturated rings. The zero-order valence-corrected chi connectivity index (χ0v) is 12.4. The van der Waals surface area contributed by atoms with Crippen molar-refractivity contribution in [2.45, 2.75) is 6.42 Å². The number of carbonyl (C=O) groups is 1. The first-order valence-electron chi connectivity index (χ1n) is 6.47. The van der Waals surface area contributed by atoms with Crippen molar-refractivity contribution < 1.29 is 9.53 Å². The molecule has 2 aromatic carbocycles. The normalized spacial score (nSPS) is 10.8. The quantitative estimate of drug-likeness (QED) is 0.676. The lowest BCUT2D eigenvalue weighted by molar-refractivity contribution is -0.113. The van der Waals surface area contributed by atoms with Gasteiger partial charge in [0.25, 0.3) is 0 Å². The highest BCUT2D eigenvalue weighted by Gasteiger charge is 2.07. The number of methoxy groups -OCH3 is 1. The van der Waals surface area contributed by atoms with Gasteiger partial charge in [0.15, 0.2) is 5.78 Å². The van der Waals surface area contributed by atoms with Crippen LogP contribution in [0, 0.1) is 0 Å². The number of nitrogen functional groups attached to an aromatic ring is 1. The summed E-state index contributed by atoms with van der Waals surface area (Å²) in [5, 5.41) is 0.584. The number of carbonyl (C=O) groups excluding carboxylic acids is 1. The van der Waals surface area contributed by atoms with Crippen molar-refractivity contribution in [3.8, 4) is 5.75 Å². The summed E-state index contributed by atoms with van der Waals surface area (Å²) in [6.07, 6.45) is 3.56. The third kappa shape index (κ3) is 4.36. The second-order valence-corrected chi connectivity index (χ2v) is 5.04. The van der Waals surface area contributed by atoms with E-state index in [1.54, 1.807) is 49.6 Å². The number of benzene rings is 2. The van der Waals surface area contributed by atoms with Crippen LogP contribution in [-0.2, 0) is 11.2 Å². The highest BCUT2D eigenvalue weighted by Crippen LogP contribution is 2.23. The van der Waals surface area contributed by atoms with Crippen LogP contribution in [-0.4, -0.2) is 12.9 Å². The van der Waals surface area contributed by atoms with Gasteiger partial charge in [-0.1, -0.05) is 29.8 Å². The Kier molecular flexibility index (Phi) is 5.01. The average molecular weight is 302 g/mol. The third-order valence-corrected chi connectivity index (χ3v) is 3.24. The SMILES string of the molecule is COc1ccc(Cl)cc1CC(=O)/C=C/c1ccc(N)cc1. The summed E-state index contributed by atoms with van der Waals surface area (Å²) in [5.41, 5.74) is 8.01. The highest BCUT2D eigenvalue weighted by atomic mass is 35.5. The Morgan fingerprint density at radius 3 is 2.62 bits per heavy atom. The maximum Gasteiger partial charge on any atom is 0.160 e. The molecule has 0 saturated carbocycles. The van der Waals surface area contributed by atoms with Crippen molar-refractivity contribution in [1.29, 1.82) is 0 Å². The van der Waals surface area contributed by atoms with Crippen LogP contribution in [0.25, 0.3) is 6.08 Å². The Labute approximate surface area is 129 Å². The molecule has 2 rings (SSSR count). The molecule has 2 N–H and O–H groups in total. The monoisotopic (exact) mass is 301 g/mol. The maximum atomic E-state index is 12.0. The standard InChI is InChI=1S/C17H16ClNO2/c1-21-17-9-5-14(18)10-13(17)11-16(20)8-4-12-2-6-15(19)7-3-12/h2-10H,11,19H2,1H3/b8-4+. The molecule has 0 atom stereocenters. The van der Waals surface area contributed by atoms with Crippen LogP contribution in [0.5, 0.6) is 5.75 Å². The molecular weight excluding hydrogens is 286 g/mol. The van der Waals surface area contributed by atoms with Crippen LogP contribution < -0.4 is 10.5 Å². The number of nitrogens with two attached hydrogens (primary N) is 1. The highest BCUT2D eigenvalue weighted by molar-refractivity contribution is 6.30. The molecule has 0 amide bonds. The van der Waals surface area contributed by atoms with E-state index in [0.717, 1.165) is 11.1 Å². The summed E-state index contributed by atoms with van der Waals surface area (Å²) in [5.74, 6) is 0.640. The predicted molar refractivity (Wildman–Crippen MR) is 86.6 cm³/mol. The molecule has 0 bridgehead atoms. The molecule has 0 radical (unpaired) electrons. The van der Waals surface area contributed by atoms with Gasteiger partial charge in [0.05, 0.1) is 7.11 Å². The zero-order valence-electron chi connectivity index (χ0n) is 11.7. The second-order valence-electron chi connectivity index (χ2n) is 4.60. The van der Waals surface area contributed by atoms with E-state index in [-0.39, 0.29) is 12.2 Å². The van der Waals surface area contributed by atoms with E-state index in [1.165, 1.54) is 0 Å². The van der Waals surface area contributed by atoms with Gasteiger partial charge >= 0.3 is 0 Å². The smallest absolute Gasteiger partial charge is 0.160 e. The molecule has 108 valence electrons. The van der Waals surface area contributed by atoms with Gasteiger partial charge in [0.2, 0.25) is 0 Å². The number of halogens is 1. The lowest BCUT2D eigenvalue weighted by Gasteiger charge is -2.07. The van der Waals surface area contributed by atoms with Gasteiger partial charge in [-0.2, -0.15) is 0 Å². The minimum Gasteiger partial charge on any atom is -0.496 e. The number of allylic oxidation sites excluding steroid dienone is 1. The van der Waals surface area contributed by atoms with Crippen molar-refractivity contribution in [1.82, 2.24) is 0 Å². The minimum absolute atomic E-state index is 0.0209. The molecule has 0 saturated heterocycles. The van der Waals surface area contributed by atoms with Crippen LogP contribution >= 0.6 is 11.6 Å². The number of hydrogen-bond acceptors (Lipinski definition) is 3. The summed E-state index contributed by atoms with van der Waals surface area (Å²) in [7, 11) is 1.57. The van der Waals surface area contributed by atoms with Crippen molar-refractivity contribution in [3.63, 3.8) is 0 Å². The first-order chi connectivity index (χ1) is 10.1. The Bertz CT molecular complexity index is 663. The number of anilines is 1. The summed E-state index contributed by atoms with van der Waals surface area (Å²) >= 11 is 5.95. The Morgan fingerprint density at radius 1 is 1.24 bits per heavy atom. The molecule has 0 heterocycles. The molecule has 0 aromatic heterocycles. The molecular formula is C17H16ClNO2. The van der Waals surface area contributed by atoms with Crippen molar-refractivity contribution in [3.05, 3.63) is 64.7 Å². The van der Waals surface area contributed by atoms with Crippen molar-refractivity contribution in [2.75, 3.05) is 12.8 Å². The van der Waals surface area contributed by atoms with E-state index in [1.807, 2.05) is 12.1 Å². The van der Waals surface area contributed by atoms with Gasteiger partial charge in [-0.05, 0) is 42.0 Å². The van der Waals surface area contributed by atoms with E-state index < -0.39 is 0 Å². The molecule has 0 aliphatic carbocycles. The van der Waals surface area contributed by atoms with Crippen molar-refractivity contribution in [2.24, 2.45) is 0 Å². The lowest BCUT2D eigenvalue weighted by Crippen LogP contribution is -2.01. The third-order valence-electron chi connectivity index (χ3n) is 3.01. The average Bonchev–Trinajstić information content (AvgIpc) is 2.47. The second kappa shape index (κ2) is 6.95. The topological polar surface area (TPSA) is 52.3 Å². The van der Waals surface area contributed by atoms with Gasteiger partial charge in [0, 0.05) is 22.7 Å². The number of hydrogen-bond donors (Lipinski definition) is 1. The van der Waals surface area contributed by atoms with E-state index >= 15 is 0 Å². The van der Waals surface area contributed by atoms with E-state index in [0.29, 0.717) is 16.5 Å². The van der Waals surface area contributed by atoms with Gasteiger partial charge in [-0.15, -0.1) is 0 Å². The van der Waals surface area contributed by atoms with Crippen LogP contribution in [0.1, 0.15) is 11.1 Å². The summed E-state index contributed by atoms with van der Waals surface area (Å²) in [6, 6.07) is 12.6. The van der Waals surface area contributed by atoms with Crippen molar-refractivity contribution >= 4 is 29.1 Å². The fourth-order valence-corrected chi connectivity index (χ4v) is 2.12. The van der Waals surface area contributed by atoms with E-state index in [9.17, 15) is 4.79 Å². The molecule has 2 aromatic rings. The Balaban J connectivity index is 2.08. The molecule has 0 unspecified atom stereocenters. The number of ketones is 1. The summed E-state index contributed by atoms with van der Waals surface area (Å²) in [4.78, 5) is 12.0. The number of ether oxygens (including phenoxy) is 1. The number of rotatable bonds is 5. The molecule has 0 spiro atoms. The molecule has 21 heavy (non-hydrogen) atoms. The van der Waals surface area contributed by atoms with Gasteiger partial charge in [0.1, 0.15) is 5.75 Å². The predicted octanol–water partition coefficient (Wildman–Crippen LogP) is 3.76. The minimum atomic E-state index is -0.0209. The first-order valence-corrected chi connectivity index (χ1v) is 6.85. The van der Waals surface area contributed by atoms with Crippen LogP contribution in [0.3, 0.4) is 0 Å².